The SMILES string of the molecule is COC(=O)c1[nH]c2ccc(Cl)cc2c1NC(=O)CC[NH+]1C[C@H]2C[C@H]1CC(C)(C)C2. The number of amides is 1. The number of fused-ring (bicyclic) bond motifs is 3. The number of H-pyrrole nitrogens is 1. The number of benzene rings is 1. The minimum atomic E-state index is -0.520. The molecule has 1 amide bonds. The van der Waals surface area contributed by atoms with Gasteiger partial charge >= 0.3 is 5.97 Å². The van der Waals surface area contributed by atoms with E-state index in [2.05, 4.69) is 24.1 Å². The minimum Gasteiger partial charge on any atom is -0.464 e. The second kappa shape index (κ2) is 7.65. The molecule has 7 heteroatoms. The van der Waals surface area contributed by atoms with Gasteiger partial charge in [-0.05, 0) is 30.0 Å². The summed E-state index contributed by atoms with van der Waals surface area (Å²) in [5.74, 6) is 0.168. The lowest BCUT2D eigenvalue weighted by atomic mass is 9.72. The number of hydrogen-bond donors (Lipinski definition) is 3. The molecule has 0 radical (unpaired) electrons. The lowest BCUT2D eigenvalue weighted by Crippen LogP contribution is -3.13. The molecule has 1 saturated heterocycles. The molecule has 156 valence electrons. The Labute approximate surface area is 175 Å². The normalized spacial score (nSPS) is 25.2. The second-order valence-corrected chi connectivity index (χ2v) is 9.77. The fourth-order valence-electron chi connectivity index (χ4n) is 5.44. The molecule has 29 heavy (non-hydrogen) atoms. The number of aromatic nitrogens is 1. The van der Waals surface area contributed by atoms with Crippen molar-refractivity contribution in [3.05, 3.63) is 28.9 Å². The van der Waals surface area contributed by atoms with Crippen LogP contribution in [0, 0.1) is 11.3 Å². The molecule has 3 atom stereocenters. The first-order valence-corrected chi connectivity index (χ1v) is 10.7. The molecule has 1 saturated carbocycles. The van der Waals surface area contributed by atoms with Crippen LogP contribution < -0.4 is 10.2 Å². The zero-order chi connectivity index (χ0) is 20.8. The Morgan fingerprint density at radius 2 is 2.14 bits per heavy atom. The molecule has 2 heterocycles. The lowest BCUT2D eigenvalue weighted by molar-refractivity contribution is -0.912. The summed E-state index contributed by atoms with van der Waals surface area (Å²) in [6.07, 6.45) is 4.23. The van der Waals surface area contributed by atoms with Crippen molar-refractivity contribution in [1.29, 1.82) is 0 Å². The van der Waals surface area contributed by atoms with E-state index < -0.39 is 5.97 Å². The maximum Gasteiger partial charge on any atom is 0.356 e. The third kappa shape index (κ3) is 4.14. The van der Waals surface area contributed by atoms with E-state index in [0.717, 1.165) is 24.5 Å². The summed E-state index contributed by atoms with van der Waals surface area (Å²) in [5, 5.41) is 4.18. The highest BCUT2D eigenvalue weighted by Gasteiger charge is 2.45. The molecule has 2 aliphatic rings. The number of nitrogens with one attached hydrogen (secondary N) is 3. The van der Waals surface area contributed by atoms with Crippen molar-refractivity contribution in [2.75, 3.05) is 25.5 Å². The van der Waals surface area contributed by atoms with Crippen molar-refractivity contribution in [2.45, 2.75) is 45.6 Å². The van der Waals surface area contributed by atoms with Crippen LogP contribution in [0.4, 0.5) is 5.69 Å². The smallest absolute Gasteiger partial charge is 0.356 e. The molecule has 0 spiro atoms. The number of anilines is 1. The third-order valence-corrected chi connectivity index (χ3v) is 6.71. The summed E-state index contributed by atoms with van der Waals surface area (Å²) >= 11 is 6.13. The first-order chi connectivity index (χ1) is 13.8. The van der Waals surface area contributed by atoms with Crippen molar-refractivity contribution in [3.63, 3.8) is 0 Å². The number of quaternary nitrogens is 1. The van der Waals surface area contributed by atoms with Crippen LogP contribution >= 0.6 is 11.6 Å². The molecule has 1 aliphatic heterocycles. The number of carbonyl (C=O) groups is 2. The molecule has 4 rings (SSSR count). The predicted octanol–water partition coefficient (Wildman–Crippen LogP) is 3.03. The van der Waals surface area contributed by atoms with Gasteiger partial charge < -0.3 is 19.9 Å². The van der Waals surface area contributed by atoms with Crippen molar-refractivity contribution in [2.24, 2.45) is 11.3 Å². The third-order valence-electron chi connectivity index (χ3n) is 6.47. The number of halogens is 1. The van der Waals surface area contributed by atoms with E-state index in [1.807, 2.05) is 0 Å². The zero-order valence-corrected chi connectivity index (χ0v) is 18.0. The van der Waals surface area contributed by atoms with Crippen LogP contribution in [-0.4, -0.2) is 43.1 Å². The zero-order valence-electron chi connectivity index (χ0n) is 17.2. The largest absolute Gasteiger partial charge is 0.464 e. The van der Waals surface area contributed by atoms with Gasteiger partial charge in [-0.25, -0.2) is 4.79 Å². The second-order valence-electron chi connectivity index (χ2n) is 9.34. The first-order valence-electron chi connectivity index (χ1n) is 10.3. The molecule has 2 aromatic rings. The monoisotopic (exact) mass is 418 g/mol. The molecule has 1 unspecified atom stereocenters. The van der Waals surface area contributed by atoms with E-state index in [1.165, 1.54) is 26.4 Å². The van der Waals surface area contributed by atoms with E-state index in [0.29, 0.717) is 34.0 Å². The summed E-state index contributed by atoms with van der Waals surface area (Å²) < 4.78 is 4.87. The fraction of sp³-hybridized carbons (Fsp3) is 0.545. The number of likely N-dealkylation sites (tertiary alicyclic amines) is 1. The van der Waals surface area contributed by atoms with Gasteiger partial charge in [-0.1, -0.05) is 25.4 Å². The topological polar surface area (TPSA) is 75.6 Å². The fourth-order valence-corrected chi connectivity index (χ4v) is 5.61. The molecular formula is C22H29ClN3O3+. The van der Waals surface area contributed by atoms with Gasteiger partial charge in [0.1, 0.15) is 5.69 Å². The number of aromatic amines is 1. The standard InChI is InChI=1S/C22H28ClN3O3/c1-22(2)10-13-8-15(11-22)26(12-13)7-6-18(27)25-19-16-9-14(23)4-5-17(16)24-20(19)21(28)29-3/h4-5,9,13,15,24H,6-8,10-12H2,1-3H3,(H,25,27)/p+1/t13-,15-/m0/s1. The van der Waals surface area contributed by atoms with Gasteiger partial charge in [-0.3, -0.25) is 4.79 Å². The molecule has 1 aromatic carbocycles. The first kappa shape index (κ1) is 20.2. The highest BCUT2D eigenvalue weighted by molar-refractivity contribution is 6.31. The number of methoxy groups -OCH3 is 1. The van der Waals surface area contributed by atoms with E-state index >= 15 is 0 Å². The summed E-state index contributed by atoms with van der Waals surface area (Å²) in [6.45, 7) is 6.70. The highest BCUT2D eigenvalue weighted by Crippen LogP contribution is 2.39. The minimum absolute atomic E-state index is 0.0933. The van der Waals surface area contributed by atoms with Crippen LogP contribution in [-0.2, 0) is 9.53 Å². The Hall–Kier alpha value is -2.05. The molecular weight excluding hydrogens is 390 g/mol. The van der Waals surface area contributed by atoms with E-state index in [1.54, 1.807) is 23.1 Å². The average molecular weight is 419 g/mol. The number of ether oxygens (including phenoxy) is 1. The lowest BCUT2D eigenvalue weighted by Gasteiger charge is -2.32. The van der Waals surface area contributed by atoms with E-state index in [9.17, 15) is 9.59 Å². The van der Waals surface area contributed by atoms with Gasteiger partial charge in [0.05, 0.1) is 38.3 Å². The van der Waals surface area contributed by atoms with Crippen LogP contribution in [0.2, 0.25) is 5.02 Å². The molecule has 1 aliphatic carbocycles. The van der Waals surface area contributed by atoms with Gasteiger partial charge in [0.15, 0.2) is 0 Å². The molecule has 2 fully saturated rings. The molecule has 6 nitrogen and oxygen atoms in total. The maximum absolute atomic E-state index is 12.8. The number of esters is 1. The number of hydrogen-bond acceptors (Lipinski definition) is 3. The van der Waals surface area contributed by atoms with Crippen molar-refractivity contribution >= 4 is 40.1 Å². The predicted molar refractivity (Wildman–Crippen MR) is 114 cm³/mol. The van der Waals surface area contributed by atoms with E-state index in [4.69, 9.17) is 16.3 Å². The Morgan fingerprint density at radius 1 is 1.34 bits per heavy atom. The van der Waals surface area contributed by atoms with Gasteiger partial charge in [-0.2, -0.15) is 0 Å². The van der Waals surface area contributed by atoms with Gasteiger partial charge in [-0.15, -0.1) is 0 Å². The summed E-state index contributed by atoms with van der Waals surface area (Å²) in [6, 6.07) is 5.93. The highest BCUT2D eigenvalue weighted by atomic mass is 35.5. The van der Waals surface area contributed by atoms with Crippen LogP contribution in [0.3, 0.4) is 0 Å². The van der Waals surface area contributed by atoms with Crippen LogP contribution in [0.25, 0.3) is 10.9 Å². The quantitative estimate of drug-likeness (QED) is 0.653. The number of carbonyl (C=O) groups excluding carboxylic acids is 2. The number of rotatable bonds is 5. The summed E-state index contributed by atoms with van der Waals surface area (Å²) in [4.78, 5) is 29.5. The van der Waals surface area contributed by atoms with Gasteiger partial charge in [0.25, 0.3) is 0 Å². The van der Waals surface area contributed by atoms with Crippen LogP contribution in [0.1, 0.15) is 50.0 Å². The molecule has 3 N–H and O–H groups in total. The van der Waals surface area contributed by atoms with Crippen molar-refractivity contribution < 1.29 is 19.2 Å². The average Bonchev–Trinajstić information content (AvgIpc) is 3.15. The van der Waals surface area contributed by atoms with E-state index in [-0.39, 0.29) is 11.6 Å². The Morgan fingerprint density at radius 3 is 2.90 bits per heavy atom. The Bertz CT molecular complexity index is 952. The van der Waals surface area contributed by atoms with Gasteiger partial charge in [0.2, 0.25) is 5.91 Å². The van der Waals surface area contributed by atoms with Crippen LogP contribution in [0.5, 0.6) is 0 Å². The summed E-state index contributed by atoms with van der Waals surface area (Å²) in [5.41, 5.74) is 1.82. The molecule has 2 bridgehead atoms. The van der Waals surface area contributed by atoms with Gasteiger partial charge in [0, 0.05) is 34.7 Å². The van der Waals surface area contributed by atoms with Crippen LogP contribution in [0.15, 0.2) is 18.2 Å². The Kier molecular flexibility index (Phi) is 5.34. The summed E-state index contributed by atoms with van der Waals surface area (Å²) in [7, 11) is 1.32. The molecule has 1 aromatic heterocycles. The van der Waals surface area contributed by atoms with Crippen molar-refractivity contribution in [3.8, 4) is 0 Å². The van der Waals surface area contributed by atoms with Crippen molar-refractivity contribution in [1.82, 2.24) is 4.98 Å². The Balaban J connectivity index is 1.47. The maximum atomic E-state index is 12.8.